The summed E-state index contributed by atoms with van der Waals surface area (Å²) in [6.45, 7) is 14.4. The molecule has 0 spiro atoms. The normalized spacial score (nSPS) is 14.8. The van der Waals surface area contributed by atoms with Crippen molar-refractivity contribution >= 4 is 11.8 Å². The van der Waals surface area contributed by atoms with Crippen molar-refractivity contribution in [1.29, 1.82) is 0 Å². The van der Waals surface area contributed by atoms with Crippen LogP contribution in [0, 0.1) is 5.41 Å². The summed E-state index contributed by atoms with van der Waals surface area (Å²) in [5.74, 6) is -0.789. The van der Waals surface area contributed by atoms with E-state index in [0.717, 1.165) is 0 Å². The first-order valence-electron chi connectivity index (χ1n) is 8.89. The van der Waals surface area contributed by atoms with Gasteiger partial charge >= 0.3 is 5.97 Å². The van der Waals surface area contributed by atoms with Crippen LogP contribution in [0.1, 0.15) is 67.2 Å². The van der Waals surface area contributed by atoms with E-state index in [9.17, 15) is 14.7 Å². The summed E-state index contributed by atoms with van der Waals surface area (Å²) in [5.41, 5.74) is -1.97. The largest absolute Gasteiger partial charge is 0.454 e. The van der Waals surface area contributed by atoms with Crippen LogP contribution in [-0.2, 0) is 19.1 Å². The van der Waals surface area contributed by atoms with Crippen molar-refractivity contribution in [3.63, 3.8) is 0 Å². The molecule has 0 heterocycles. The standard InChI is InChI=1S/C19H34O5/c1-8-13-23-19(11-4,12-5)16(21)14(6)24-17(22)18(9-2,10-3)15(7)20/h8,14-15,20H,1,9-13H2,2-7H3. The van der Waals surface area contributed by atoms with Crippen LogP contribution in [0.15, 0.2) is 12.7 Å². The second-order valence-corrected chi connectivity index (χ2v) is 6.25. The van der Waals surface area contributed by atoms with E-state index in [-0.39, 0.29) is 12.4 Å². The van der Waals surface area contributed by atoms with Gasteiger partial charge in [0.05, 0.1) is 18.1 Å². The summed E-state index contributed by atoms with van der Waals surface area (Å²) < 4.78 is 11.2. The summed E-state index contributed by atoms with van der Waals surface area (Å²) >= 11 is 0. The number of hydrogen-bond acceptors (Lipinski definition) is 5. The highest BCUT2D eigenvalue weighted by atomic mass is 16.6. The van der Waals surface area contributed by atoms with Gasteiger partial charge in [-0.15, -0.1) is 6.58 Å². The van der Waals surface area contributed by atoms with Gasteiger partial charge in [-0.25, -0.2) is 0 Å². The molecule has 0 saturated carbocycles. The predicted molar refractivity (Wildman–Crippen MR) is 94.7 cm³/mol. The summed E-state index contributed by atoms with van der Waals surface area (Å²) in [7, 11) is 0. The summed E-state index contributed by atoms with van der Waals surface area (Å²) in [5, 5.41) is 10.0. The van der Waals surface area contributed by atoms with Crippen molar-refractivity contribution in [1.82, 2.24) is 0 Å². The molecular weight excluding hydrogens is 308 g/mol. The lowest BCUT2D eigenvalue weighted by Crippen LogP contribution is -2.49. The number of aliphatic hydroxyl groups excluding tert-OH is 1. The number of carbonyl (C=O) groups excluding carboxylic acids is 2. The van der Waals surface area contributed by atoms with Crippen molar-refractivity contribution in [2.75, 3.05) is 6.61 Å². The van der Waals surface area contributed by atoms with Gasteiger partial charge < -0.3 is 14.6 Å². The maximum atomic E-state index is 12.8. The Morgan fingerprint density at radius 1 is 1.08 bits per heavy atom. The molecule has 0 radical (unpaired) electrons. The lowest BCUT2D eigenvalue weighted by molar-refractivity contribution is -0.177. The first-order chi connectivity index (χ1) is 11.2. The molecule has 0 aliphatic carbocycles. The highest BCUT2D eigenvalue weighted by Crippen LogP contribution is 2.33. The number of Topliss-reactive ketones (excluding diaryl/α,β-unsaturated/α-hetero) is 1. The molecule has 0 saturated heterocycles. The fourth-order valence-corrected chi connectivity index (χ4v) is 3.09. The van der Waals surface area contributed by atoms with E-state index in [2.05, 4.69) is 6.58 Å². The van der Waals surface area contributed by atoms with E-state index in [0.29, 0.717) is 25.7 Å². The summed E-state index contributed by atoms with van der Waals surface area (Å²) in [6.07, 6.45) is 1.68. The zero-order valence-corrected chi connectivity index (χ0v) is 16.1. The van der Waals surface area contributed by atoms with Gasteiger partial charge in [0, 0.05) is 0 Å². The second-order valence-electron chi connectivity index (χ2n) is 6.25. The molecule has 1 N–H and O–H groups in total. The maximum absolute atomic E-state index is 12.8. The molecule has 2 atom stereocenters. The molecule has 0 aliphatic heterocycles. The monoisotopic (exact) mass is 342 g/mol. The van der Waals surface area contributed by atoms with Gasteiger partial charge in [-0.05, 0) is 39.5 Å². The first kappa shape index (κ1) is 22.8. The topological polar surface area (TPSA) is 72.8 Å². The van der Waals surface area contributed by atoms with Gasteiger partial charge in [-0.2, -0.15) is 0 Å². The molecule has 5 nitrogen and oxygen atoms in total. The Morgan fingerprint density at radius 2 is 1.58 bits per heavy atom. The Balaban J connectivity index is 5.32. The molecule has 140 valence electrons. The molecule has 0 bridgehead atoms. The molecule has 0 aliphatic rings. The lowest BCUT2D eigenvalue weighted by Gasteiger charge is -2.35. The molecule has 0 fully saturated rings. The van der Waals surface area contributed by atoms with E-state index in [1.807, 2.05) is 27.7 Å². The molecule has 5 heteroatoms. The average molecular weight is 342 g/mol. The zero-order chi connectivity index (χ0) is 19.0. The van der Waals surface area contributed by atoms with E-state index < -0.39 is 29.2 Å². The third-order valence-electron chi connectivity index (χ3n) is 5.19. The Hall–Kier alpha value is -1.20. The molecule has 0 aromatic rings. The smallest absolute Gasteiger partial charge is 0.315 e. The Morgan fingerprint density at radius 3 is 1.92 bits per heavy atom. The van der Waals surface area contributed by atoms with Crippen molar-refractivity contribution < 1.29 is 24.2 Å². The van der Waals surface area contributed by atoms with Crippen molar-refractivity contribution in [2.24, 2.45) is 5.41 Å². The van der Waals surface area contributed by atoms with Crippen LogP contribution in [-0.4, -0.2) is 41.3 Å². The van der Waals surface area contributed by atoms with E-state index in [1.165, 1.54) is 0 Å². The number of esters is 1. The minimum atomic E-state index is -0.988. The Bertz CT molecular complexity index is 419. The average Bonchev–Trinajstić information content (AvgIpc) is 2.57. The van der Waals surface area contributed by atoms with Gasteiger partial charge in [0.1, 0.15) is 5.60 Å². The van der Waals surface area contributed by atoms with E-state index in [4.69, 9.17) is 9.47 Å². The van der Waals surface area contributed by atoms with Crippen LogP contribution in [0.2, 0.25) is 0 Å². The van der Waals surface area contributed by atoms with Crippen molar-refractivity contribution in [3.8, 4) is 0 Å². The molecule has 0 rings (SSSR count). The molecule has 0 aromatic heterocycles. The predicted octanol–water partition coefficient (Wildman–Crippen LogP) is 3.44. The van der Waals surface area contributed by atoms with Crippen LogP contribution in [0.25, 0.3) is 0 Å². The number of aliphatic hydroxyl groups is 1. The van der Waals surface area contributed by atoms with E-state index >= 15 is 0 Å². The third kappa shape index (κ3) is 4.67. The number of ether oxygens (including phenoxy) is 2. The fourth-order valence-electron chi connectivity index (χ4n) is 3.09. The molecule has 24 heavy (non-hydrogen) atoms. The van der Waals surface area contributed by atoms with Crippen LogP contribution in [0.4, 0.5) is 0 Å². The van der Waals surface area contributed by atoms with Gasteiger partial charge in [0.2, 0.25) is 5.78 Å². The number of ketones is 1. The quantitative estimate of drug-likeness (QED) is 0.434. The molecule has 0 amide bonds. The van der Waals surface area contributed by atoms with Crippen LogP contribution < -0.4 is 0 Å². The van der Waals surface area contributed by atoms with Gasteiger partial charge in [0.25, 0.3) is 0 Å². The van der Waals surface area contributed by atoms with Crippen LogP contribution >= 0.6 is 0 Å². The minimum absolute atomic E-state index is 0.255. The summed E-state index contributed by atoms with van der Waals surface area (Å²) in [4.78, 5) is 25.5. The van der Waals surface area contributed by atoms with Crippen LogP contribution in [0.5, 0.6) is 0 Å². The fraction of sp³-hybridized carbons (Fsp3) is 0.789. The number of carbonyl (C=O) groups is 2. The van der Waals surface area contributed by atoms with Gasteiger partial charge in [-0.3, -0.25) is 9.59 Å². The highest BCUT2D eigenvalue weighted by Gasteiger charge is 2.45. The second kappa shape index (κ2) is 9.94. The van der Waals surface area contributed by atoms with Gasteiger partial charge in [-0.1, -0.05) is 33.8 Å². The first-order valence-corrected chi connectivity index (χ1v) is 8.89. The summed E-state index contributed by atoms with van der Waals surface area (Å²) in [6, 6.07) is 0. The molecule has 0 aromatic carbocycles. The van der Waals surface area contributed by atoms with Crippen molar-refractivity contribution in [2.45, 2.75) is 85.0 Å². The number of hydrogen-bond donors (Lipinski definition) is 1. The minimum Gasteiger partial charge on any atom is -0.454 e. The SMILES string of the molecule is C=CCOC(CC)(CC)C(=O)C(C)OC(=O)C(CC)(CC)C(C)O. The Kier molecular flexibility index (Phi) is 9.45. The highest BCUT2D eigenvalue weighted by molar-refractivity contribution is 5.93. The third-order valence-corrected chi connectivity index (χ3v) is 5.19. The van der Waals surface area contributed by atoms with Crippen LogP contribution in [0.3, 0.4) is 0 Å². The maximum Gasteiger partial charge on any atom is 0.315 e. The lowest BCUT2D eigenvalue weighted by atomic mass is 9.77. The molecular formula is C19H34O5. The van der Waals surface area contributed by atoms with E-state index in [1.54, 1.807) is 19.9 Å². The zero-order valence-electron chi connectivity index (χ0n) is 16.1. The van der Waals surface area contributed by atoms with Gasteiger partial charge in [0.15, 0.2) is 6.10 Å². The Labute approximate surface area is 146 Å². The van der Waals surface area contributed by atoms with Crippen molar-refractivity contribution in [3.05, 3.63) is 12.7 Å². The molecule has 2 unspecified atom stereocenters. The number of rotatable bonds is 12.